The number of ether oxygens (including phenoxy) is 2. The van der Waals surface area contributed by atoms with Crippen molar-refractivity contribution in [2.75, 3.05) is 36.9 Å². The van der Waals surface area contributed by atoms with Crippen LogP contribution < -0.4 is 10.6 Å². The third kappa shape index (κ3) is 5.01. The Morgan fingerprint density at radius 2 is 1.72 bits per heavy atom. The van der Waals surface area contributed by atoms with Gasteiger partial charge in [0.25, 0.3) is 0 Å². The first-order valence-corrected chi connectivity index (χ1v) is 8.76. The van der Waals surface area contributed by atoms with Crippen molar-refractivity contribution in [3.63, 3.8) is 0 Å². The summed E-state index contributed by atoms with van der Waals surface area (Å²) in [5, 5.41) is 5.61. The van der Waals surface area contributed by atoms with Crippen LogP contribution in [-0.2, 0) is 19.1 Å². The minimum absolute atomic E-state index is 0.0582. The van der Waals surface area contributed by atoms with E-state index in [2.05, 4.69) is 15.5 Å². The Hall–Kier alpha value is -1.96. The molecule has 25 heavy (non-hydrogen) atoms. The Labute approximate surface area is 147 Å². The first-order valence-electron chi connectivity index (χ1n) is 8.76. The number of likely N-dealkylation sites (tertiary alicyclic amines) is 1. The highest BCUT2D eigenvalue weighted by molar-refractivity contribution is 5.93. The van der Waals surface area contributed by atoms with Crippen molar-refractivity contribution in [3.8, 4) is 0 Å². The fourth-order valence-electron chi connectivity index (χ4n) is 3.35. The third-order valence-electron chi connectivity index (χ3n) is 4.46. The smallest absolute Gasteiger partial charge is 0.238 e. The van der Waals surface area contributed by atoms with Gasteiger partial charge in [-0.25, -0.2) is 0 Å². The number of carbonyl (C=O) groups excluding carboxylic acids is 2. The van der Waals surface area contributed by atoms with Crippen molar-refractivity contribution in [1.29, 1.82) is 0 Å². The van der Waals surface area contributed by atoms with Crippen molar-refractivity contribution < 1.29 is 19.1 Å². The van der Waals surface area contributed by atoms with Crippen LogP contribution in [0.4, 0.5) is 11.4 Å². The number of nitrogens with zero attached hydrogens (tertiary/aromatic N) is 1. The predicted octanol–water partition coefficient (Wildman–Crippen LogP) is 1.81. The lowest BCUT2D eigenvalue weighted by Crippen LogP contribution is -2.50. The highest BCUT2D eigenvalue weighted by Gasteiger charge is 2.34. The maximum atomic E-state index is 12.4. The molecule has 2 fully saturated rings. The largest absolute Gasteiger partial charge is 0.349 e. The van der Waals surface area contributed by atoms with Crippen LogP contribution in [0, 0.1) is 0 Å². The quantitative estimate of drug-likeness (QED) is 0.849. The second-order valence-electron chi connectivity index (χ2n) is 6.45. The van der Waals surface area contributed by atoms with Gasteiger partial charge < -0.3 is 20.1 Å². The van der Waals surface area contributed by atoms with Crippen molar-refractivity contribution in [1.82, 2.24) is 4.90 Å². The number of benzene rings is 1. The number of amides is 2. The zero-order valence-electron chi connectivity index (χ0n) is 14.5. The number of piperidine rings is 1. The number of rotatable bonds is 5. The van der Waals surface area contributed by atoms with Gasteiger partial charge in [0.05, 0.1) is 25.8 Å². The van der Waals surface area contributed by atoms with E-state index < -0.39 is 0 Å². The molecule has 1 aromatic carbocycles. The van der Waals surface area contributed by atoms with Crippen LogP contribution in [0.2, 0.25) is 0 Å². The molecule has 2 amide bonds. The van der Waals surface area contributed by atoms with E-state index in [4.69, 9.17) is 9.47 Å². The zero-order chi connectivity index (χ0) is 17.6. The number of anilines is 2. The number of hydrogen-bond acceptors (Lipinski definition) is 5. The maximum Gasteiger partial charge on any atom is 0.238 e. The van der Waals surface area contributed by atoms with Gasteiger partial charge in [0.2, 0.25) is 11.8 Å². The summed E-state index contributed by atoms with van der Waals surface area (Å²) < 4.78 is 11.3. The molecule has 1 unspecified atom stereocenters. The summed E-state index contributed by atoms with van der Waals surface area (Å²) in [6.07, 6.45) is 2.99. The average molecular weight is 347 g/mol. The topological polar surface area (TPSA) is 79.9 Å². The molecule has 7 nitrogen and oxygen atoms in total. The van der Waals surface area contributed by atoms with E-state index in [1.807, 2.05) is 0 Å². The van der Waals surface area contributed by atoms with Gasteiger partial charge in [0.1, 0.15) is 0 Å². The summed E-state index contributed by atoms with van der Waals surface area (Å²) >= 11 is 0. The summed E-state index contributed by atoms with van der Waals surface area (Å²) in [6.45, 7) is 3.91. The molecule has 0 spiro atoms. The van der Waals surface area contributed by atoms with E-state index in [0.717, 1.165) is 25.8 Å². The van der Waals surface area contributed by atoms with Gasteiger partial charge in [-0.1, -0.05) is 6.42 Å². The van der Waals surface area contributed by atoms with E-state index in [1.165, 1.54) is 6.92 Å². The summed E-state index contributed by atoms with van der Waals surface area (Å²) in [5.41, 5.74) is 1.41. The van der Waals surface area contributed by atoms with Crippen molar-refractivity contribution in [2.45, 2.75) is 38.5 Å². The Bertz CT molecular complexity index is 599. The van der Waals surface area contributed by atoms with Crippen LogP contribution in [0.15, 0.2) is 24.3 Å². The fraction of sp³-hybridized carbons (Fsp3) is 0.556. The minimum Gasteiger partial charge on any atom is -0.349 e. The van der Waals surface area contributed by atoms with Crippen LogP contribution in [0.3, 0.4) is 0 Å². The Kier molecular flexibility index (Phi) is 6.01. The van der Waals surface area contributed by atoms with Gasteiger partial charge in [-0.3, -0.25) is 14.5 Å². The monoisotopic (exact) mass is 347 g/mol. The van der Waals surface area contributed by atoms with Crippen LogP contribution in [-0.4, -0.2) is 55.3 Å². The highest BCUT2D eigenvalue weighted by Crippen LogP contribution is 2.24. The lowest BCUT2D eigenvalue weighted by molar-refractivity contribution is -0.127. The molecule has 0 aromatic heterocycles. The zero-order valence-corrected chi connectivity index (χ0v) is 14.5. The fourth-order valence-corrected chi connectivity index (χ4v) is 3.35. The minimum atomic E-state index is -0.218. The first-order chi connectivity index (χ1) is 12.1. The lowest BCUT2D eigenvalue weighted by Gasteiger charge is -2.37. The molecule has 2 heterocycles. The number of nitrogens with one attached hydrogen (secondary N) is 2. The molecule has 3 rings (SSSR count). The highest BCUT2D eigenvalue weighted by atomic mass is 16.7. The molecule has 136 valence electrons. The molecular formula is C18H25N3O4. The van der Waals surface area contributed by atoms with Crippen LogP contribution >= 0.6 is 0 Å². The number of carbonyl (C=O) groups is 2. The molecule has 0 bridgehead atoms. The summed E-state index contributed by atoms with van der Waals surface area (Å²) in [6, 6.07) is 7.23. The molecule has 7 heteroatoms. The number of hydrogen-bond donors (Lipinski definition) is 2. The SMILES string of the molecule is CC(=O)Nc1ccc(NC(=O)CN2CCCCC2C2OCCO2)cc1. The molecule has 0 radical (unpaired) electrons. The Morgan fingerprint density at radius 3 is 2.36 bits per heavy atom. The Morgan fingerprint density at radius 1 is 1.08 bits per heavy atom. The van der Waals surface area contributed by atoms with E-state index in [0.29, 0.717) is 31.1 Å². The predicted molar refractivity (Wildman–Crippen MR) is 94.3 cm³/mol. The van der Waals surface area contributed by atoms with Gasteiger partial charge in [-0.15, -0.1) is 0 Å². The third-order valence-corrected chi connectivity index (χ3v) is 4.46. The van der Waals surface area contributed by atoms with E-state index in [-0.39, 0.29) is 24.1 Å². The summed E-state index contributed by atoms with van der Waals surface area (Å²) in [5.74, 6) is -0.179. The lowest BCUT2D eigenvalue weighted by atomic mass is 10.0. The first kappa shape index (κ1) is 17.8. The van der Waals surface area contributed by atoms with E-state index in [9.17, 15) is 9.59 Å². The maximum absolute atomic E-state index is 12.4. The second kappa shape index (κ2) is 8.42. The molecule has 1 atom stereocenters. The molecule has 2 N–H and O–H groups in total. The van der Waals surface area contributed by atoms with Gasteiger partial charge >= 0.3 is 0 Å². The molecule has 1 aromatic rings. The van der Waals surface area contributed by atoms with Crippen molar-refractivity contribution in [2.24, 2.45) is 0 Å². The van der Waals surface area contributed by atoms with Crippen molar-refractivity contribution in [3.05, 3.63) is 24.3 Å². The molecule has 2 saturated heterocycles. The summed E-state index contributed by atoms with van der Waals surface area (Å²) in [7, 11) is 0. The van der Waals surface area contributed by atoms with E-state index in [1.54, 1.807) is 24.3 Å². The molecule has 2 aliphatic heterocycles. The van der Waals surface area contributed by atoms with Crippen LogP contribution in [0.25, 0.3) is 0 Å². The normalized spacial score (nSPS) is 21.9. The van der Waals surface area contributed by atoms with Gasteiger partial charge in [0, 0.05) is 18.3 Å². The average Bonchev–Trinajstić information content (AvgIpc) is 3.11. The molecule has 0 saturated carbocycles. The standard InChI is InChI=1S/C18H25N3O4/c1-13(22)19-14-5-7-15(8-6-14)20-17(23)12-21-9-3-2-4-16(21)18-24-10-11-25-18/h5-8,16,18H,2-4,9-12H2,1H3,(H,19,22)(H,20,23). The molecular weight excluding hydrogens is 322 g/mol. The molecule has 2 aliphatic rings. The van der Waals surface area contributed by atoms with Gasteiger partial charge in [-0.2, -0.15) is 0 Å². The van der Waals surface area contributed by atoms with Crippen molar-refractivity contribution >= 4 is 23.2 Å². The second-order valence-corrected chi connectivity index (χ2v) is 6.45. The van der Waals surface area contributed by atoms with Crippen LogP contribution in [0.1, 0.15) is 26.2 Å². The van der Waals surface area contributed by atoms with Gasteiger partial charge in [0.15, 0.2) is 6.29 Å². The Balaban J connectivity index is 1.54. The van der Waals surface area contributed by atoms with E-state index >= 15 is 0 Å². The molecule has 0 aliphatic carbocycles. The van der Waals surface area contributed by atoms with Crippen LogP contribution in [0.5, 0.6) is 0 Å². The van der Waals surface area contributed by atoms with Gasteiger partial charge in [-0.05, 0) is 43.7 Å². The summed E-state index contributed by atoms with van der Waals surface area (Å²) in [4.78, 5) is 25.6.